The van der Waals surface area contributed by atoms with Gasteiger partial charge in [-0.1, -0.05) is 164 Å². The molecule has 2 aromatic heterocycles. The Morgan fingerprint density at radius 2 is 0.643 bits per heavy atom. The minimum absolute atomic E-state index is 1.09. The number of hydrogen-bond acceptors (Lipinski definition) is 2. The standard InChI is InChI=1S/C54H36N2/c1-3-14-37(15-4-1)46-26-11-27-47(38-16-5-2-6-17-38)52(46)43-28-29-50-51(34-43)54(42-21-10-19-40(33-42)45-23-13-31-56-36-45)49-25-8-7-24-48(49)53(50)41-20-9-18-39(32-41)44-22-12-30-55-35-44/h1-36H. The normalized spacial score (nSPS) is 11.2. The molecule has 2 heterocycles. The summed E-state index contributed by atoms with van der Waals surface area (Å²) in [5, 5.41) is 4.83. The van der Waals surface area contributed by atoms with Crippen LogP contribution in [0.5, 0.6) is 0 Å². The predicted octanol–water partition coefficient (Wildman–Crippen LogP) is 14.5. The van der Waals surface area contributed by atoms with Crippen molar-refractivity contribution in [2.24, 2.45) is 0 Å². The maximum atomic E-state index is 4.45. The fraction of sp³-hybridized carbons (Fsp3) is 0. The second-order valence-corrected chi connectivity index (χ2v) is 14.2. The van der Waals surface area contributed by atoms with Crippen molar-refractivity contribution in [2.45, 2.75) is 0 Å². The molecule has 0 aliphatic carbocycles. The van der Waals surface area contributed by atoms with Crippen molar-refractivity contribution in [2.75, 3.05) is 0 Å². The molecule has 10 rings (SSSR count). The zero-order valence-electron chi connectivity index (χ0n) is 30.7. The minimum Gasteiger partial charge on any atom is -0.264 e. The number of pyridine rings is 2. The van der Waals surface area contributed by atoms with E-state index in [1.165, 1.54) is 77.2 Å². The minimum atomic E-state index is 1.09. The predicted molar refractivity (Wildman–Crippen MR) is 235 cm³/mol. The third-order valence-corrected chi connectivity index (χ3v) is 10.8. The van der Waals surface area contributed by atoms with Gasteiger partial charge in [-0.15, -0.1) is 0 Å². The molecular weight excluding hydrogens is 677 g/mol. The van der Waals surface area contributed by atoms with Gasteiger partial charge in [0.05, 0.1) is 0 Å². The van der Waals surface area contributed by atoms with Gasteiger partial charge in [0.1, 0.15) is 0 Å². The van der Waals surface area contributed by atoms with Gasteiger partial charge in [0.15, 0.2) is 0 Å². The van der Waals surface area contributed by atoms with Gasteiger partial charge in [-0.25, -0.2) is 0 Å². The zero-order chi connectivity index (χ0) is 37.3. The van der Waals surface area contributed by atoms with Crippen molar-refractivity contribution in [1.29, 1.82) is 0 Å². The highest BCUT2D eigenvalue weighted by Crippen LogP contribution is 2.48. The van der Waals surface area contributed by atoms with Crippen molar-refractivity contribution >= 4 is 21.5 Å². The quantitative estimate of drug-likeness (QED) is 0.154. The van der Waals surface area contributed by atoms with Crippen molar-refractivity contribution in [3.8, 4) is 77.9 Å². The maximum absolute atomic E-state index is 4.45. The zero-order valence-corrected chi connectivity index (χ0v) is 30.7. The van der Waals surface area contributed by atoms with Crippen LogP contribution in [0.25, 0.3) is 99.4 Å². The molecule has 0 spiro atoms. The van der Waals surface area contributed by atoms with E-state index < -0.39 is 0 Å². The molecule has 0 saturated heterocycles. The van der Waals surface area contributed by atoms with Crippen LogP contribution in [0.15, 0.2) is 219 Å². The molecule has 8 aromatic carbocycles. The summed E-state index contributed by atoms with van der Waals surface area (Å²) < 4.78 is 0. The fourth-order valence-corrected chi connectivity index (χ4v) is 8.31. The van der Waals surface area contributed by atoms with Gasteiger partial charge in [-0.3, -0.25) is 9.97 Å². The lowest BCUT2D eigenvalue weighted by Gasteiger charge is -2.21. The van der Waals surface area contributed by atoms with Gasteiger partial charge in [-0.05, 0) is 119 Å². The average molecular weight is 713 g/mol. The molecule has 0 N–H and O–H groups in total. The van der Waals surface area contributed by atoms with Gasteiger partial charge in [0.2, 0.25) is 0 Å². The van der Waals surface area contributed by atoms with Crippen LogP contribution in [-0.4, -0.2) is 9.97 Å². The third-order valence-electron chi connectivity index (χ3n) is 10.8. The number of rotatable bonds is 7. The first-order valence-electron chi connectivity index (χ1n) is 19.0. The topological polar surface area (TPSA) is 25.8 Å². The first-order chi connectivity index (χ1) is 27.8. The van der Waals surface area contributed by atoms with Gasteiger partial charge < -0.3 is 0 Å². The number of aromatic nitrogens is 2. The maximum Gasteiger partial charge on any atom is 0.0346 e. The van der Waals surface area contributed by atoms with E-state index >= 15 is 0 Å². The molecule has 0 atom stereocenters. The summed E-state index contributed by atoms with van der Waals surface area (Å²) in [6, 6.07) is 70.3. The number of nitrogens with zero attached hydrogens (tertiary/aromatic N) is 2. The lowest BCUT2D eigenvalue weighted by atomic mass is 9.82. The molecule has 0 radical (unpaired) electrons. The van der Waals surface area contributed by atoms with Crippen LogP contribution >= 0.6 is 0 Å². The molecule has 0 amide bonds. The van der Waals surface area contributed by atoms with Crippen molar-refractivity contribution in [1.82, 2.24) is 9.97 Å². The molecule has 0 aliphatic heterocycles. The van der Waals surface area contributed by atoms with Crippen molar-refractivity contribution in [3.63, 3.8) is 0 Å². The first kappa shape index (κ1) is 33.2. The molecule has 2 nitrogen and oxygen atoms in total. The highest BCUT2D eigenvalue weighted by molar-refractivity contribution is 6.22. The van der Waals surface area contributed by atoms with E-state index in [2.05, 4.69) is 192 Å². The van der Waals surface area contributed by atoms with Crippen molar-refractivity contribution < 1.29 is 0 Å². The first-order valence-corrected chi connectivity index (χ1v) is 19.0. The Kier molecular flexibility index (Phi) is 8.55. The third kappa shape index (κ3) is 6.04. The van der Waals surface area contributed by atoms with E-state index in [0.29, 0.717) is 0 Å². The molecule has 262 valence electrons. The van der Waals surface area contributed by atoms with Crippen LogP contribution in [0.4, 0.5) is 0 Å². The molecule has 0 fully saturated rings. The van der Waals surface area contributed by atoms with E-state index in [9.17, 15) is 0 Å². The van der Waals surface area contributed by atoms with E-state index in [1.807, 2.05) is 36.9 Å². The second-order valence-electron chi connectivity index (χ2n) is 14.2. The SMILES string of the molecule is c1ccc(-c2cccc(-c3ccccc3)c2-c2ccc3c(-c4cccc(-c5cccnc5)c4)c4ccccc4c(-c4cccc(-c5cccnc5)c4)c3c2)cc1. The Morgan fingerprint density at radius 1 is 0.232 bits per heavy atom. The van der Waals surface area contributed by atoms with Crippen LogP contribution < -0.4 is 0 Å². The van der Waals surface area contributed by atoms with Gasteiger partial charge in [0, 0.05) is 35.9 Å². The molecule has 0 aliphatic rings. The second kappa shape index (κ2) is 14.4. The summed E-state index contributed by atoms with van der Waals surface area (Å²) in [5.74, 6) is 0. The van der Waals surface area contributed by atoms with E-state index in [1.54, 1.807) is 0 Å². The van der Waals surface area contributed by atoms with Crippen molar-refractivity contribution in [3.05, 3.63) is 219 Å². The van der Waals surface area contributed by atoms with Crippen LogP contribution in [-0.2, 0) is 0 Å². The van der Waals surface area contributed by atoms with Gasteiger partial charge in [0.25, 0.3) is 0 Å². The lowest BCUT2D eigenvalue weighted by molar-refractivity contribution is 1.33. The summed E-state index contributed by atoms with van der Waals surface area (Å²) in [4.78, 5) is 8.88. The van der Waals surface area contributed by atoms with Crippen LogP contribution in [0, 0.1) is 0 Å². The molecule has 0 bridgehead atoms. The highest BCUT2D eigenvalue weighted by Gasteiger charge is 2.21. The van der Waals surface area contributed by atoms with Crippen LogP contribution in [0.3, 0.4) is 0 Å². The molecular formula is C54H36N2. The Labute approximate surface area is 327 Å². The van der Waals surface area contributed by atoms with Crippen LogP contribution in [0.2, 0.25) is 0 Å². The van der Waals surface area contributed by atoms with Gasteiger partial charge in [-0.2, -0.15) is 0 Å². The monoisotopic (exact) mass is 712 g/mol. The molecule has 0 saturated carbocycles. The summed E-state index contributed by atoms with van der Waals surface area (Å²) in [7, 11) is 0. The smallest absolute Gasteiger partial charge is 0.0346 e. The summed E-state index contributed by atoms with van der Waals surface area (Å²) in [6.07, 6.45) is 7.54. The number of hydrogen-bond donors (Lipinski definition) is 0. The largest absolute Gasteiger partial charge is 0.264 e. The Morgan fingerprint density at radius 3 is 1.16 bits per heavy atom. The fourth-order valence-electron chi connectivity index (χ4n) is 8.31. The number of fused-ring (bicyclic) bond motifs is 2. The Bertz CT molecular complexity index is 2930. The van der Waals surface area contributed by atoms with E-state index in [0.717, 1.165) is 22.3 Å². The summed E-state index contributed by atoms with van der Waals surface area (Å²) >= 11 is 0. The van der Waals surface area contributed by atoms with Gasteiger partial charge >= 0.3 is 0 Å². The Hall–Kier alpha value is -7.42. The Balaban J connectivity index is 1.31. The lowest BCUT2D eigenvalue weighted by Crippen LogP contribution is -1.94. The molecule has 56 heavy (non-hydrogen) atoms. The van der Waals surface area contributed by atoms with E-state index in [-0.39, 0.29) is 0 Å². The van der Waals surface area contributed by atoms with E-state index in [4.69, 9.17) is 0 Å². The molecule has 10 aromatic rings. The van der Waals surface area contributed by atoms with Crippen LogP contribution in [0.1, 0.15) is 0 Å². The number of benzene rings is 8. The highest BCUT2D eigenvalue weighted by atomic mass is 14.6. The summed E-state index contributed by atoms with van der Waals surface area (Å²) in [6.45, 7) is 0. The molecule has 0 unspecified atom stereocenters. The summed E-state index contributed by atoms with van der Waals surface area (Å²) in [5.41, 5.74) is 16.4. The molecule has 2 heteroatoms. The average Bonchev–Trinajstić information content (AvgIpc) is 3.29.